The van der Waals surface area contributed by atoms with Crippen LogP contribution in [0.5, 0.6) is 5.75 Å². The van der Waals surface area contributed by atoms with Crippen molar-refractivity contribution in [3.63, 3.8) is 0 Å². The molecule has 9 nitrogen and oxygen atoms in total. The van der Waals surface area contributed by atoms with Crippen molar-refractivity contribution in [1.82, 2.24) is 23.8 Å². The Balaban J connectivity index is 1.31. The Kier molecular flexibility index (Phi) is 5.75. The Morgan fingerprint density at radius 2 is 1.68 bits per heavy atom. The van der Waals surface area contributed by atoms with Crippen LogP contribution in [0.3, 0.4) is 0 Å². The van der Waals surface area contributed by atoms with Gasteiger partial charge >= 0.3 is 0 Å². The van der Waals surface area contributed by atoms with E-state index >= 15 is 0 Å². The summed E-state index contributed by atoms with van der Waals surface area (Å²) in [4.78, 5) is 48.2. The summed E-state index contributed by atoms with van der Waals surface area (Å²) >= 11 is 0. The summed E-state index contributed by atoms with van der Waals surface area (Å²) in [6.07, 6.45) is 4.70. The van der Waals surface area contributed by atoms with Gasteiger partial charge in [0.05, 0.1) is 7.11 Å². The Morgan fingerprint density at radius 1 is 0.892 bits per heavy atom. The minimum absolute atomic E-state index is 0.157. The highest BCUT2D eigenvalue weighted by molar-refractivity contribution is 5.98. The van der Waals surface area contributed by atoms with Gasteiger partial charge in [-0.05, 0) is 29.7 Å². The fourth-order valence-corrected chi connectivity index (χ4v) is 5.37. The molecule has 3 aromatic heterocycles. The van der Waals surface area contributed by atoms with Crippen molar-refractivity contribution >= 4 is 17.5 Å². The number of pyridine rings is 2. The molecule has 2 amide bonds. The molecule has 0 N–H and O–H groups in total. The lowest BCUT2D eigenvalue weighted by Gasteiger charge is -2.30. The number of hydrogen-bond donors (Lipinski definition) is 0. The van der Waals surface area contributed by atoms with E-state index in [1.807, 2.05) is 51.9 Å². The molecule has 0 fully saturated rings. The smallest absolute Gasteiger partial charge is 0.274 e. The number of fused-ring (bicyclic) bond motifs is 3. The molecule has 0 saturated carbocycles. The molecule has 0 unspecified atom stereocenters. The van der Waals surface area contributed by atoms with Gasteiger partial charge < -0.3 is 23.5 Å². The van der Waals surface area contributed by atoms with Crippen LogP contribution in [0.4, 0.5) is 0 Å². The molecule has 6 rings (SSSR count). The highest BCUT2D eigenvalue weighted by atomic mass is 16.5. The van der Waals surface area contributed by atoms with Crippen LogP contribution in [0, 0.1) is 0 Å². The van der Waals surface area contributed by atoms with E-state index in [1.165, 1.54) is 18.7 Å². The van der Waals surface area contributed by atoms with E-state index in [0.29, 0.717) is 61.7 Å². The van der Waals surface area contributed by atoms with Gasteiger partial charge in [-0.25, -0.2) is 4.98 Å². The molecule has 5 heterocycles. The summed E-state index contributed by atoms with van der Waals surface area (Å²) < 4.78 is 8.96. The number of ether oxygens (including phenoxy) is 1. The van der Waals surface area contributed by atoms with E-state index in [0.717, 1.165) is 12.0 Å². The van der Waals surface area contributed by atoms with Crippen molar-refractivity contribution in [2.75, 3.05) is 26.7 Å². The van der Waals surface area contributed by atoms with E-state index < -0.39 is 0 Å². The zero-order chi connectivity index (χ0) is 25.5. The van der Waals surface area contributed by atoms with Crippen LogP contribution in [-0.2, 0) is 25.9 Å². The van der Waals surface area contributed by atoms with Gasteiger partial charge in [-0.2, -0.15) is 0 Å². The fourth-order valence-electron chi connectivity index (χ4n) is 5.37. The Morgan fingerprint density at radius 3 is 2.49 bits per heavy atom. The molecule has 0 bridgehead atoms. The van der Waals surface area contributed by atoms with Gasteiger partial charge in [0.25, 0.3) is 17.4 Å². The first-order chi connectivity index (χ1) is 18.0. The molecule has 2 aliphatic rings. The van der Waals surface area contributed by atoms with Crippen LogP contribution in [0.2, 0.25) is 0 Å². The first-order valence-corrected chi connectivity index (χ1v) is 12.4. The highest BCUT2D eigenvalue weighted by Gasteiger charge is 2.31. The van der Waals surface area contributed by atoms with E-state index in [2.05, 4.69) is 11.1 Å². The lowest BCUT2D eigenvalue weighted by atomic mass is 9.98. The standard InChI is InChI=1S/C28H27N5O4/c1-37-23-16-25(34)33-15-14-30(27(35)21-18-31-11-5-4-8-24(31)29-21)13-10-22(33)26(23)28(36)32-12-9-19-6-2-3-7-20(19)17-32/h2-8,11,16,18H,9-10,12-15,17H2,1H3. The normalized spacial score (nSPS) is 15.2. The number of amides is 2. The van der Waals surface area contributed by atoms with Crippen molar-refractivity contribution in [3.8, 4) is 5.75 Å². The third-order valence-electron chi connectivity index (χ3n) is 7.32. The van der Waals surface area contributed by atoms with Gasteiger partial charge in [0.1, 0.15) is 22.7 Å². The second-order valence-corrected chi connectivity index (χ2v) is 9.40. The van der Waals surface area contributed by atoms with Gasteiger partial charge in [0.2, 0.25) is 0 Å². The molecule has 0 spiro atoms. The summed E-state index contributed by atoms with van der Waals surface area (Å²) in [5.41, 5.74) is 4.20. The summed E-state index contributed by atoms with van der Waals surface area (Å²) in [5.74, 6) is -0.0764. The van der Waals surface area contributed by atoms with Crippen LogP contribution in [-0.4, -0.2) is 62.3 Å². The molecule has 37 heavy (non-hydrogen) atoms. The summed E-state index contributed by atoms with van der Waals surface area (Å²) in [6, 6.07) is 15.1. The molecule has 1 aromatic carbocycles. The molecule has 0 saturated heterocycles. The first-order valence-electron chi connectivity index (χ1n) is 12.4. The number of methoxy groups -OCH3 is 1. The van der Waals surface area contributed by atoms with Gasteiger partial charge in [0, 0.05) is 63.3 Å². The molecule has 2 aliphatic heterocycles. The summed E-state index contributed by atoms with van der Waals surface area (Å²) in [7, 11) is 1.48. The molecule has 9 heteroatoms. The average Bonchev–Trinajstić information content (AvgIpc) is 3.24. The van der Waals surface area contributed by atoms with Crippen molar-refractivity contribution in [2.24, 2.45) is 0 Å². The molecular weight excluding hydrogens is 470 g/mol. The SMILES string of the molecule is COc1cc(=O)n2c(c1C(=O)N1CCc3ccccc3C1)CCN(C(=O)c1cn3ccccc3n1)CC2. The summed E-state index contributed by atoms with van der Waals surface area (Å²) in [6.45, 7) is 2.10. The molecule has 0 radical (unpaired) electrons. The van der Waals surface area contributed by atoms with Crippen LogP contribution < -0.4 is 10.3 Å². The Labute approximate surface area is 213 Å². The van der Waals surface area contributed by atoms with E-state index in [9.17, 15) is 14.4 Å². The minimum Gasteiger partial charge on any atom is -0.496 e. The maximum atomic E-state index is 13.9. The number of rotatable bonds is 3. The number of carbonyl (C=O) groups excluding carboxylic acids is 2. The minimum atomic E-state index is -0.241. The molecule has 0 atom stereocenters. The first kappa shape index (κ1) is 23.0. The predicted octanol–water partition coefficient (Wildman–Crippen LogP) is 2.40. The predicted molar refractivity (Wildman–Crippen MR) is 137 cm³/mol. The lowest BCUT2D eigenvalue weighted by Crippen LogP contribution is -2.38. The maximum Gasteiger partial charge on any atom is 0.274 e. The van der Waals surface area contributed by atoms with E-state index in [-0.39, 0.29) is 23.1 Å². The third kappa shape index (κ3) is 4.06. The number of carbonyl (C=O) groups is 2. The van der Waals surface area contributed by atoms with Gasteiger partial charge in [-0.15, -0.1) is 0 Å². The monoisotopic (exact) mass is 497 g/mol. The summed E-state index contributed by atoms with van der Waals surface area (Å²) in [5, 5.41) is 0. The second kappa shape index (κ2) is 9.24. The molecule has 4 aromatic rings. The highest BCUT2D eigenvalue weighted by Crippen LogP contribution is 2.27. The lowest BCUT2D eigenvalue weighted by molar-refractivity contribution is 0.0728. The number of benzene rings is 1. The van der Waals surface area contributed by atoms with Crippen LogP contribution in [0.1, 0.15) is 37.7 Å². The number of hydrogen-bond acceptors (Lipinski definition) is 5. The van der Waals surface area contributed by atoms with E-state index in [4.69, 9.17) is 4.74 Å². The van der Waals surface area contributed by atoms with Gasteiger partial charge in [0.15, 0.2) is 0 Å². The third-order valence-corrected chi connectivity index (χ3v) is 7.32. The Hall–Kier alpha value is -4.40. The van der Waals surface area contributed by atoms with Gasteiger partial charge in [-0.3, -0.25) is 14.4 Å². The van der Waals surface area contributed by atoms with Crippen molar-refractivity contribution in [2.45, 2.75) is 25.9 Å². The van der Waals surface area contributed by atoms with E-state index in [1.54, 1.807) is 15.7 Å². The van der Waals surface area contributed by atoms with Crippen LogP contribution in [0.15, 0.2) is 65.7 Å². The fraction of sp³-hybridized carbons (Fsp3) is 0.286. The largest absolute Gasteiger partial charge is 0.496 e. The number of aromatic nitrogens is 3. The number of nitrogens with zero attached hydrogens (tertiary/aromatic N) is 5. The second-order valence-electron chi connectivity index (χ2n) is 9.40. The topological polar surface area (TPSA) is 89.1 Å². The van der Waals surface area contributed by atoms with Crippen LogP contribution in [0.25, 0.3) is 5.65 Å². The van der Waals surface area contributed by atoms with Crippen molar-refractivity contribution < 1.29 is 14.3 Å². The van der Waals surface area contributed by atoms with Gasteiger partial charge in [-0.1, -0.05) is 30.3 Å². The number of imidazole rings is 1. The zero-order valence-corrected chi connectivity index (χ0v) is 20.6. The molecule has 0 aliphatic carbocycles. The molecular formula is C28H27N5O4. The average molecular weight is 498 g/mol. The van der Waals surface area contributed by atoms with Crippen molar-refractivity contribution in [1.29, 1.82) is 0 Å². The van der Waals surface area contributed by atoms with Crippen molar-refractivity contribution in [3.05, 3.63) is 99.4 Å². The van der Waals surface area contributed by atoms with Crippen LogP contribution >= 0.6 is 0 Å². The zero-order valence-electron chi connectivity index (χ0n) is 20.6. The maximum absolute atomic E-state index is 13.9. The Bertz CT molecular complexity index is 1550. The quantitative estimate of drug-likeness (QED) is 0.434. The molecule has 188 valence electrons.